The van der Waals surface area contributed by atoms with Crippen LogP contribution >= 0.6 is 11.6 Å². The van der Waals surface area contributed by atoms with Gasteiger partial charge in [-0.1, -0.05) is 23.4 Å². The number of halogens is 1. The summed E-state index contributed by atoms with van der Waals surface area (Å²) < 4.78 is 0. The highest BCUT2D eigenvalue weighted by atomic mass is 35.5. The summed E-state index contributed by atoms with van der Waals surface area (Å²) in [6, 6.07) is 1.83. The molecule has 0 unspecified atom stereocenters. The molecule has 12 heavy (non-hydrogen) atoms. The van der Waals surface area contributed by atoms with Gasteiger partial charge in [-0.2, -0.15) is 0 Å². The Bertz CT molecular complexity index is 318. The summed E-state index contributed by atoms with van der Waals surface area (Å²) in [7, 11) is 0. The standard InChI is InChI=1S/C9H8ClNO/c1-7-4-5-11-9(10)8(7)3-2-6-12/h4-5,12H,6H2,1H3. The highest BCUT2D eigenvalue weighted by Gasteiger charge is 1.99. The van der Waals surface area contributed by atoms with Crippen LogP contribution in [0.1, 0.15) is 11.1 Å². The van der Waals surface area contributed by atoms with Crippen LogP contribution in [0.4, 0.5) is 0 Å². The largest absolute Gasteiger partial charge is 0.384 e. The van der Waals surface area contributed by atoms with E-state index in [-0.39, 0.29) is 6.61 Å². The predicted octanol–water partition coefficient (Wildman–Crippen LogP) is 1.39. The van der Waals surface area contributed by atoms with Gasteiger partial charge in [0.05, 0.1) is 5.56 Å². The van der Waals surface area contributed by atoms with Crippen molar-refractivity contribution >= 4 is 11.6 Å². The van der Waals surface area contributed by atoms with Crippen molar-refractivity contribution < 1.29 is 5.11 Å². The highest BCUT2D eigenvalue weighted by molar-refractivity contribution is 6.30. The van der Waals surface area contributed by atoms with E-state index in [1.165, 1.54) is 0 Å². The molecule has 62 valence electrons. The number of rotatable bonds is 0. The third kappa shape index (κ3) is 1.97. The fourth-order valence-corrected chi connectivity index (χ4v) is 1.06. The SMILES string of the molecule is Cc1ccnc(Cl)c1C#CCO. The lowest BCUT2D eigenvalue weighted by Crippen LogP contribution is -1.87. The van der Waals surface area contributed by atoms with Crippen LogP contribution in [-0.2, 0) is 0 Å². The number of aryl methyl sites for hydroxylation is 1. The maximum Gasteiger partial charge on any atom is 0.144 e. The van der Waals surface area contributed by atoms with Gasteiger partial charge in [0.15, 0.2) is 0 Å². The third-order valence-electron chi connectivity index (χ3n) is 1.41. The van der Waals surface area contributed by atoms with E-state index in [1.54, 1.807) is 6.20 Å². The molecule has 0 saturated carbocycles. The molecule has 1 aromatic rings. The molecule has 1 heterocycles. The Morgan fingerprint density at radius 3 is 3.00 bits per heavy atom. The second-order valence-corrected chi connectivity index (χ2v) is 2.61. The maximum absolute atomic E-state index is 8.47. The molecule has 0 aromatic carbocycles. The number of hydrogen-bond donors (Lipinski definition) is 1. The first kappa shape index (κ1) is 9.05. The van der Waals surface area contributed by atoms with Crippen LogP contribution in [-0.4, -0.2) is 16.7 Å². The van der Waals surface area contributed by atoms with Gasteiger partial charge >= 0.3 is 0 Å². The van der Waals surface area contributed by atoms with Crippen molar-refractivity contribution in [2.75, 3.05) is 6.61 Å². The van der Waals surface area contributed by atoms with E-state index in [0.29, 0.717) is 10.7 Å². The van der Waals surface area contributed by atoms with Gasteiger partial charge in [0.1, 0.15) is 11.8 Å². The Balaban J connectivity index is 3.13. The van der Waals surface area contributed by atoms with E-state index in [4.69, 9.17) is 16.7 Å². The number of nitrogens with zero attached hydrogens (tertiary/aromatic N) is 1. The molecule has 0 aliphatic carbocycles. The number of aliphatic hydroxyl groups is 1. The van der Waals surface area contributed by atoms with Crippen LogP contribution in [0.5, 0.6) is 0 Å². The molecule has 3 heteroatoms. The van der Waals surface area contributed by atoms with Gasteiger partial charge in [0, 0.05) is 6.20 Å². The normalized spacial score (nSPS) is 8.92. The van der Waals surface area contributed by atoms with Crippen molar-refractivity contribution in [2.24, 2.45) is 0 Å². The van der Waals surface area contributed by atoms with Crippen molar-refractivity contribution in [3.05, 3.63) is 28.5 Å². The first-order valence-corrected chi connectivity index (χ1v) is 3.84. The maximum atomic E-state index is 8.47. The molecule has 0 saturated heterocycles. The monoisotopic (exact) mass is 181 g/mol. The quantitative estimate of drug-likeness (QED) is 0.485. The summed E-state index contributed by atoms with van der Waals surface area (Å²) in [5.74, 6) is 5.26. The van der Waals surface area contributed by atoms with Gasteiger partial charge in [-0.3, -0.25) is 0 Å². The molecule has 1 rings (SSSR count). The number of aliphatic hydroxyl groups excluding tert-OH is 1. The first-order valence-electron chi connectivity index (χ1n) is 3.46. The summed E-state index contributed by atoms with van der Waals surface area (Å²) in [5, 5.41) is 8.86. The van der Waals surface area contributed by atoms with Crippen LogP contribution < -0.4 is 0 Å². The van der Waals surface area contributed by atoms with Gasteiger partial charge in [-0.25, -0.2) is 4.98 Å². The molecule has 0 bridgehead atoms. The molecule has 0 aliphatic heterocycles. The summed E-state index contributed by atoms with van der Waals surface area (Å²) in [4.78, 5) is 3.87. The third-order valence-corrected chi connectivity index (χ3v) is 1.69. The molecule has 1 N–H and O–H groups in total. The average Bonchev–Trinajstić information content (AvgIpc) is 2.04. The fraction of sp³-hybridized carbons (Fsp3) is 0.222. The van der Waals surface area contributed by atoms with E-state index in [1.807, 2.05) is 13.0 Å². The van der Waals surface area contributed by atoms with Crippen LogP contribution in [0, 0.1) is 18.8 Å². The molecule has 0 atom stereocenters. The minimum absolute atomic E-state index is 0.162. The van der Waals surface area contributed by atoms with Crippen LogP contribution in [0.15, 0.2) is 12.3 Å². The lowest BCUT2D eigenvalue weighted by molar-refractivity contribution is 0.350. The number of hydrogen-bond acceptors (Lipinski definition) is 2. The summed E-state index contributed by atoms with van der Waals surface area (Å²) in [6.45, 7) is 1.74. The lowest BCUT2D eigenvalue weighted by atomic mass is 10.2. The number of pyridine rings is 1. The molecular weight excluding hydrogens is 174 g/mol. The molecule has 0 spiro atoms. The smallest absolute Gasteiger partial charge is 0.144 e. The minimum Gasteiger partial charge on any atom is -0.384 e. The molecule has 0 amide bonds. The Hall–Kier alpha value is -1.04. The molecule has 0 radical (unpaired) electrons. The highest BCUT2D eigenvalue weighted by Crippen LogP contribution is 2.14. The summed E-state index contributed by atoms with van der Waals surface area (Å²) >= 11 is 5.77. The van der Waals surface area contributed by atoms with E-state index < -0.39 is 0 Å². The minimum atomic E-state index is -0.162. The molecule has 2 nitrogen and oxygen atoms in total. The van der Waals surface area contributed by atoms with Crippen molar-refractivity contribution in [3.63, 3.8) is 0 Å². The second kappa shape index (κ2) is 4.10. The Kier molecular flexibility index (Phi) is 3.09. The first-order chi connectivity index (χ1) is 5.75. The van der Waals surface area contributed by atoms with Gasteiger partial charge in [0.2, 0.25) is 0 Å². The van der Waals surface area contributed by atoms with Crippen molar-refractivity contribution in [3.8, 4) is 11.8 Å². The summed E-state index contributed by atoms with van der Waals surface area (Å²) in [6.07, 6.45) is 1.63. The Labute approximate surface area is 76.2 Å². The predicted molar refractivity (Wildman–Crippen MR) is 47.9 cm³/mol. The van der Waals surface area contributed by atoms with E-state index in [2.05, 4.69) is 16.8 Å². The van der Waals surface area contributed by atoms with E-state index in [0.717, 1.165) is 5.56 Å². The van der Waals surface area contributed by atoms with Crippen LogP contribution in [0.2, 0.25) is 5.15 Å². The van der Waals surface area contributed by atoms with E-state index in [9.17, 15) is 0 Å². The molecular formula is C9H8ClNO. The topological polar surface area (TPSA) is 33.1 Å². The second-order valence-electron chi connectivity index (χ2n) is 2.25. The number of aromatic nitrogens is 1. The van der Waals surface area contributed by atoms with Crippen molar-refractivity contribution in [1.82, 2.24) is 4.98 Å². The zero-order valence-corrected chi connectivity index (χ0v) is 7.39. The molecule has 0 aliphatic rings. The van der Waals surface area contributed by atoms with E-state index >= 15 is 0 Å². The van der Waals surface area contributed by atoms with Gasteiger partial charge < -0.3 is 5.11 Å². The zero-order valence-electron chi connectivity index (χ0n) is 6.63. The molecule has 1 aromatic heterocycles. The van der Waals surface area contributed by atoms with Gasteiger partial charge in [0.25, 0.3) is 0 Å². The molecule has 0 fully saturated rings. The van der Waals surface area contributed by atoms with Crippen LogP contribution in [0.3, 0.4) is 0 Å². The average molecular weight is 182 g/mol. The Morgan fingerprint density at radius 2 is 2.42 bits per heavy atom. The zero-order chi connectivity index (χ0) is 8.97. The summed E-state index contributed by atoms with van der Waals surface area (Å²) in [5.41, 5.74) is 1.66. The fourth-order valence-electron chi connectivity index (χ4n) is 0.803. The van der Waals surface area contributed by atoms with Gasteiger partial charge in [-0.05, 0) is 18.6 Å². The van der Waals surface area contributed by atoms with Crippen molar-refractivity contribution in [1.29, 1.82) is 0 Å². The Morgan fingerprint density at radius 1 is 1.67 bits per heavy atom. The van der Waals surface area contributed by atoms with Crippen molar-refractivity contribution in [2.45, 2.75) is 6.92 Å². The van der Waals surface area contributed by atoms with Gasteiger partial charge in [-0.15, -0.1) is 0 Å². The lowest BCUT2D eigenvalue weighted by Gasteiger charge is -1.97. The van der Waals surface area contributed by atoms with Crippen LogP contribution in [0.25, 0.3) is 0 Å².